The van der Waals surface area contributed by atoms with Crippen LogP contribution in [0.3, 0.4) is 0 Å². The van der Waals surface area contributed by atoms with E-state index in [0.29, 0.717) is 28.9 Å². The number of amides is 1. The fourth-order valence-electron chi connectivity index (χ4n) is 3.72. The Balaban J connectivity index is 0.00000208. The third-order valence-electron chi connectivity index (χ3n) is 4.82. The Morgan fingerprint density at radius 3 is 2.42 bits per heavy atom. The van der Waals surface area contributed by atoms with Gasteiger partial charge in [0.25, 0.3) is 5.91 Å². The van der Waals surface area contributed by atoms with Crippen LogP contribution in [0.25, 0.3) is 0 Å². The third-order valence-corrected chi connectivity index (χ3v) is 4.82. The predicted molar refractivity (Wildman–Crippen MR) is 93.8 cm³/mol. The fourth-order valence-corrected chi connectivity index (χ4v) is 3.72. The highest BCUT2D eigenvalue weighted by molar-refractivity contribution is 5.99. The minimum atomic E-state index is 0. The number of nitrogens with one attached hydrogen (secondary N) is 1. The highest BCUT2D eigenvalue weighted by Gasteiger charge is 2.39. The molecule has 0 radical (unpaired) electrons. The van der Waals surface area contributed by atoms with Crippen LogP contribution in [0.4, 0.5) is 0 Å². The van der Waals surface area contributed by atoms with E-state index in [1.54, 1.807) is 33.5 Å². The number of carbonyl (C=O) groups is 1. The first-order valence-corrected chi connectivity index (χ1v) is 8.03. The summed E-state index contributed by atoms with van der Waals surface area (Å²) in [6, 6.07) is 4.08. The molecule has 0 aromatic heterocycles. The summed E-state index contributed by atoms with van der Waals surface area (Å²) in [5.74, 6) is 1.47. The number of hydrogen-bond acceptors (Lipinski definition) is 5. The molecule has 1 aromatic carbocycles. The average molecular weight is 357 g/mol. The molecule has 134 valence electrons. The van der Waals surface area contributed by atoms with Gasteiger partial charge in [0, 0.05) is 18.6 Å². The van der Waals surface area contributed by atoms with E-state index >= 15 is 0 Å². The lowest BCUT2D eigenvalue weighted by Crippen LogP contribution is -2.42. The largest absolute Gasteiger partial charge is 0.493 e. The van der Waals surface area contributed by atoms with Crippen molar-refractivity contribution in [3.8, 4) is 17.2 Å². The maximum Gasteiger partial charge on any atom is 0.258 e. The summed E-state index contributed by atoms with van der Waals surface area (Å²) in [6.45, 7) is 1.83. The van der Waals surface area contributed by atoms with Gasteiger partial charge in [-0.15, -0.1) is 12.4 Å². The van der Waals surface area contributed by atoms with E-state index in [1.807, 2.05) is 4.90 Å². The molecule has 7 heteroatoms. The first-order chi connectivity index (χ1) is 11.2. The van der Waals surface area contributed by atoms with Crippen molar-refractivity contribution < 1.29 is 19.0 Å². The molecule has 1 amide bonds. The molecular formula is C17H25ClN2O4. The van der Waals surface area contributed by atoms with Gasteiger partial charge in [0.1, 0.15) is 0 Å². The van der Waals surface area contributed by atoms with Gasteiger partial charge in [0.15, 0.2) is 11.5 Å². The average Bonchev–Trinajstić information content (AvgIpc) is 2.85. The highest BCUT2D eigenvalue weighted by atomic mass is 35.5. The monoisotopic (exact) mass is 356 g/mol. The Morgan fingerprint density at radius 2 is 1.75 bits per heavy atom. The zero-order chi connectivity index (χ0) is 16.4. The van der Waals surface area contributed by atoms with Gasteiger partial charge in [-0.05, 0) is 37.9 Å². The van der Waals surface area contributed by atoms with Crippen LogP contribution < -0.4 is 19.5 Å². The summed E-state index contributed by atoms with van der Waals surface area (Å²) in [4.78, 5) is 15.2. The molecule has 2 saturated heterocycles. The van der Waals surface area contributed by atoms with E-state index in [1.165, 1.54) is 0 Å². The van der Waals surface area contributed by atoms with Gasteiger partial charge < -0.3 is 24.4 Å². The van der Waals surface area contributed by atoms with Crippen molar-refractivity contribution >= 4 is 18.3 Å². The molecule has 3 rings (SSSR count). The lowest BCUT2D eigenvalue weighted by atomic mass is 10.1. The molecule has 2 unspecified atom stereocenters. The number of halogens is 1. The molecule has 2 atom stereocenters. The second kappa shape index (κ2) is 7.94. The predicted octanol–water partition coefficient (Wildman–Crippen LogP) is 2.10. The second-order valence-corrected chi connectivity index (χ2v) is 5.97. The van der Waals surface area contributed by atoms with Crippen molar-refractivity contribution in [3.05, 3.63) is 17.7 Å². The van der Waals surface area contributed by atoms with Gasteiger partial charge in [0.2, 0.25) is 5.75 Å². The Hall–Kier alpha value is -1.66. The van der Waals surface area contributed by atoms with Gasteiger partial charge in [-0.1, -0.05) is 0 Å². The number of ether oxygens (including phenoxy) is 3. The molecule has 2 aliphatic heterocycles. The van der Waals surface area contributed by atoms with E-state index in [-0.39, 0.29) is 24.4 Å². The minimum absolute atomic E-state index is 0. The van der Waals surface area contributed by atoms with Crippen LogP contribution in [0, 0.1) is 0 Å². The Labute approximate surface area is 148 Å². The summed E-state index contributed by atoms with van der Waals surface area (Å²) in [5.41, 5.74) is 0.531. The van der Waals surface area contributed by atoms with Crippen LogP contribution in [-0.4, -0.2) is 57.3 Å². The number of hydrogen-bond donors (Lipinski definition) is 1. The van der Waals surface area contributed by atoms with E-state index < -0.39 is 0 Å². The van der Waals surface area contributed by atoms with Crippen molar-refractivity contribution in [1.29, 1.82) is 0 Å². The zero-order valence-electron chi connectivity index (χ0n) is 14.3. The van der Waals surface area contributed by atoms with E-state index in [2.05, 4.69) is 5.32 Å². The first-order valence-electron chi connectivity index (χ1n) is 8.03. The SMILES string of the molecule is COc1ccc(C(=O)N2C3CCNCC2CC3)c(OC)c1OC.Cl. The maximum atomic E-state index is 13.2. The summed E-state index contributed by atoms with van der Waals surface area (Å²) in [6.07, 6.45) is 3.13. The summed E-state index contributed by atoms with van der Waals surface area (Å²) in [5, 5.41) is 3.41. The van der Waals surface area contributed by atoms with Crippen LogP contribution in [0.1, 0.15) is 29.6 Å². The lowest BCUT2D eigenvalue weighted by Gasteiger charge is -2.29. The fraction of sp³-hybridized carbons (Fsp3) is 0.588. The quantitative estimate of drug-likeness (QED) is 0.895. The van der Waals surface area contributed by atoms with Gasteiger partial charge in [-0.25, -0.2) is 0 Å². The molecule has 2 heterocycles. The number of methoxy groups -OCH3 is 3. The van der Waals surface area contributed by atoms with Crippen molar-refractivity contribution in [1.82, 2.24) is 10.2 Å². The van der Waals surface area contributed by atoms with Crippen molar-refractivity contribution in [2.24, 2.45) is 0 Å². The van der Waals surface area contributed by atoms with Crippen molar-refractivity contribution in [2.75, 3.05) is 34.4 Å². The van der Waals surface area contributed by atoms with Gasteiger partial charge >= 0.3 is 0 Å². The minimum Gasteiger partial charge on any atom is -0.493 e. The van der Waals surface area contributed by atoms with E-state index in [0.717, 1.165) is 32.4 Å². The number of rotatable bonds is 4. The number of fused-ring (bicyclic) bond motifs is 2. The van der Waals surface area contributed by atoms with Gasteiger partial charge in [-0.2, -0.15) is 0 Å². The zero-order valence-corrected chi connectivity index (χ0v) is 15.1. The van der Waals surface area contributed by atoms with Gasteiger partial charge in [0.05, 0.1) is 26.9 Å². The first kappa shape index (κ1) is 18.7. The number of nitrogens with zero attached hydrogens (tertiary/aromatic N) is 1. The second-order valence-electron chi connectivity index (χ2n) is 5.97. The Kier molecular flexibility index (Phi) is 6.18. The van der Waals surface area contributed by atoms with Crippen LogP contribution in [0.15, 0.2) is 12.1 Å². The topological polar surface area (TPSA) is 60.0 Å². The van der Waals surface area contributed by atoms with Crippen molar-refractivity contribution in [3.63, 3.8) is 0 Å². The summed E-state index contributed by atoms with van der Waals surface area (Å²) < 4.78 is 16.2. The number of carbonyl (C=O) groups excluding carboxylic acids is 1. The molecular weight excluding hydrogens is 332 g/mol. The molecule has 0 saturated carbocycles. The molecule has 1 N–H and O–H groups in total. The molecule has 0 aliphatic carbocycles. The standard InChI is InChI=1S/C17H24N2O4.ClH/c1-21-14-7-6-13(15(22-2)16(14)23-3)17(20)19-11-4-5-12(19)10-18-9-8-11;/h6-7,11-12,18H,4-5,8-10H2,1-3H3;1H. The maximum absolute atomic E-state index is 13.2. The summed E-state index contributed by atoms with van der Waals surface area (Å²) >= 11 is 0. The molecule has 24 heavy (non-hydrogen) atoms. The smallest absolute Gasteiger partial charge is 0.258 e. The van der Waals surface area contributed by atoms with Crippen LogP contribution in [-0.2, 0) is 0 Å². The molecule has 6 nitrogen and oxygen atoms in total. The summed E-state index contributed by atoms with van der Waals surface area (Å²) in [7, 11) is 4.67. The Morgan fingerprint density at radius 1 is 1.04 bits per heavy atom. The molecule has 2 aliphatic rings. The van der Waals surface area contributed by atoms with Crippen LogP contribution in [0.5, 0.6) is 17.2 Å². The lowest BCUT2D eigenvalue weighted by molar-refractivity contribution is 0.0676. The molecule has 1 aromatic rings. The normalized spacial score (nSPS) is 22.4. The third kappa shape index (κ3) is 3.13. The van der Waals surface area contributed by atoms with Crippen LogP contribution in [0.2, 0.25) is 0 Å². The Bertz CT molecular complexity index is 582. The van der Waals surface area contributed by atoms with E-state index in [4.69, 9.17) is 14.2 Å². The highest BCUT2D eigenvalue weighted by Crippen LogP contribution is 2.41. The molecule has 2 bridgehead atoms. The van der Waals surface area contributed by atoms with E-state index in [9.17, 15) is 4.79 Å². The van der Waals surface area contributed by atoms with Gasteiger partial charge in [-0.3, -0.25) is 4.79 Å². The number of benzene rings is 1. The van der Waals surface area contributed by atoms with Crippen LogP contribution >= 0.6 is 12.4 Å². The van der Waals surface area contributed by atoms with Crippen molar-refractivity contribution in [2.45, 2.75) is 31.3 Å². The molecule has 2 fully saturated rings. The molecule has 0 spiro atoms.